The number of hydrogen-bond donors (Lipinski definition) is 1. The Morgan fingerprint density at radius 3 is 2.92 bits per heavy atom. The van der Waals surface area contributed by atoms with Gasteiger partial charge in [0.05, 0.1) is 20.3 Å². The topological polar surface area (TPSA) is 55.3 Å². The van der Waals surface area contributed by atoms with Crippen LogP contribution in [-0.4, -0.2) is 64.5 Å². The molecule has 0 bridgehead atoms. The van der Waals surface area contributed by atoms with E-state index in [1.807, 2.05) is 24.3 Å². The minimum atomic E-state index is 0.602. The van der Waals surface area contributed by atoms with Gasteiger partial charge in [0, 0.05) is 51.7 Å². The van der Waals surface area contributed by atoms with E-state index in [0.717, 1.165) is 63.1 Å². The number of nitrogens with zero attached hydrogens (tertiary/aromatic N) is 2. The van der Waals surface area contributed by atoms with Crippen LogP contribution in [0.4, 0.5) is 0 Å². The van der Waals surface area contributed by atoms with E-state index in [-0.39, 0.29) is 0 Å². The van der Waals surface area contributed by atoms with Crippen LogP contribution in [0.3, 0.4) is 0 Å². The highest BCUT2D eigenvalue weighted by Crippen LogP contribution is 2.19. The van der Waals surface area contributed by atoms with Crippen molar-refractivity contribution in [2.24, 2.45) is 10.9 Å². The van der Waals surface area contributed by atoms with Crippen LogP contribution in [0.5, 0.6) is 11.5 Å². The number of guanidine groups is 1. The molecule has 2 rings (SSSR count). The Kier molecular flexibility index (Phi) is 8.39. The molecule has 0 amide bonds. The molecular formula is C19H31N3O3. The van der Waals surface area contributed by atoms with E-state index < -0.39 is 0 Å². The highest BCUT2D eigenvalue weighted by molar-refractivity contribution is 5.80. The Hall–Kier alpha value is -1.95. The molecule has 1 aromatic rings. The predicted octanol–water partition coefficient (Wildman–Crippen LogP) is 2.40. The lowest BCUT2D eigenvalue weighted by Gasteiger charge is -2.21. The van der Waals surface area contributed by atoms with E-state index in [2.05, 4.69) is 17.1 Å². The van der Waals surface area contributed by atoms with E-state index in [9.17, 15) is 0 Å². The second-order valence-electron chi connectivity index (χ2n) is 6.17. The molecule has 0 aromatic heterocycles. The Morgan fingerprint density at radius 2 is 2.16 bits per heavy atom. The Bertz CT molecular complexity index is 536. The first-order chi connectivity index (χ1) is 12.3. The molecule has 1 heterocycles. The highest BCUT2D eigenvalue weighted by atomic mass is 16.5. The zero-order chi connectivity index (χ0) is 17.9. The third-order valence-electron chi connectivity index (χ3n) is 4.20. The second-order valence-corrected chi connectivity index (χ2v) is 6.17. The zero-order valence-corrected chi connectivity index (χ0v) is 15.7. The van der Waals surface area contributed by atoms with E-state index in [1.165, 1.54) is 0 Å². The number of aliphatic imine (C=N–C) groups is 1. The minimum Gasteiger partial charge on any atom is -0.497 e. The average molecular weight is 349 g/mol. The summed E-state index contributed by atoms with van der Waals surface area (Å²) in [4.78, 5) is 7.07. The molecule has 1 N–H and O–H groups in total. The molecule has 1 saturated heterocycles. The van der Waals surface area contributed by atoms with Crippen molar-refractivity contribution in [2.75, 3.05) is 53.6 Å². The summed E-state index contributed by atoms with van der Waals surface area (Å²) in [6.45, 7) is 7.25. The number of rotatable bonds is 9. The third kappa shape index (κ3) is 6.46. The Morgan fingerprint density at radius 1 is 1.32 bits per heavy atom. The summed E-state index contributed by atoms with van der Waals surface area (Å²) in [7, 11) is 3.43. The maximum absolute atomic E-state index is 5.76. The molecule has 0 radical (unpaired) electrons. The van der Waals surface area contributed by atoms with Crippen LogP contribution in [0, 0.1) is 5.92 Å². The smallest absolute Gasteiger partial charge is 0.193 e. The summed E-state index contributed by atoms with van der Waals surface area (Å²) in [5.41, 5.74) is 0. The van der Waals surface area contributed by atoms with Gasteiger partial charge in [-0.1, -0.05) is 6.07 Å². The summed E-state index contributed by atoms with van der Waals surface area (Å²) in [6, 6.07) is 7.68. The predicted molar refractivity (Wildman–Crippen MR) is 101 cm³/mol. The van der Waals surface area contributed by atoms with Gasteiger partial charge in [0.2, 0.25) is 0 Å². The van der Waals surface area contributed by atoms with Crippen molar-refractivity contribution in [3.8, 4) is 11.5 Å². The normalized spacial score (nSPS) is 17.6. The van der Waals surface area contributed by atoms with Gasteiger partial charge in [0.25, 0.3) is 0 Å². The van der Waals surface area contributed by atoms with E-state index in [0.29, 0.717) is 12.5 Å². The first-order valence-electron chi connectivity index (χ1n) is 9.05. The van der Waals surface area contributed by atoms with Crippen molar-refractivity contribution in [3.05, 3.63) is 24.3 Å². The number of nitrogens with one attached hydrogen (secondary N) is 1. The van der Waals surface area contributed by atoms with E-state index in [1.54, 1.807) is 14.2 Å². The lowest BCUT2D eigenvalue weighted by atomic mass is 10.1. The van der Waals surface area contributed by atoms with Crippen molar-refractivity contribution >= 4 is 5.96 Å². The Labute approximate surface area is 151 Å². The number of methoxy groups -OCH3 is 2. The Balaban J connectivity index is 1.75. The van der Waals surface area contributed by atoms with Crippen molar-refractivity contribution < 1.29 is 14.2 Å². The molecule has 1 unspecified atom stereocenters. The molecule has 0 saturated carbocycles. The molecule has 6 nitrogen and oxygen atoms in total. The average Bonchev–Trinajstić information content (AvgIpc) is 3.09. The number of hydrogen-bond acceptors (Lipinski definition) is 4. The third-order valence-corrected chi connectivity index (χ3v) is 4.20. The maximum Gasteiger partial charge on any atom is 0.193 e. The first kappa shape index (κ1) is 19.4. The molecule has 1 aliphatic heterocycles. The van der Waals surface area contributed by atoms with Gasteiger partial charge in [-0.2, -0.15) is 0 Å². The minimum absolute atomic E-state index is 0.602. The maximum atomic E-state index is 5.76. The van der Waals surface area contributed by atoms with Crippen LogP contribution in [-0.2, 0) is 4.74 Å². The molecule has 1 aromatic carbocycles. The summed E-state index contributed by atoms with van der Waals surface area (Å²) >= 11 is 0. The van der Waals surface area contributed by atoms with E-state index in [4.69, 9.17) is 19.2 Å². The molecule has 140 valence electrons. The van der Waals surface area contributed by atoms with Gasteiger partial charge in [-0.15, -0.1) is 0 Å². The largest absolute Gasteiger partial charge is 0.497 e. The van der Waals surface area contributed by atoms with E-state index >= 15 is 0 Å². The fourth-order valence-corrected chi connectivity index (χ4v) is 2.95. The van der Waals surface area contributed by atoms with Crippen molar-refractivity contribution in [3.63, 3.8) is 0 Å². The van der Waals surface area contributed by atoms with Crippen molar-refractivity contribution in [1.29, 1.82) is 0 Å². The van der Waals surface area contributed by atoms with Gasteiger partial charge in [-0.25, -0.2) is 0 Å². The lowest BCUT2D eigenvalue weighted by Crippen LogP contribution is -2.40. The number of ether oxygens (including phenoxy) is 3. The molecule has 1 atom stereocenters. The van der Waals surface area contributed by atoms with Crippen LogP contribution < -0.4 is 14.8 Å². The summed E-state index contributed by atoms with van der Waals surface area (Å²) in [5.74, 6) is 3.24. The lowest BCUT2D eigenvalue weighted by molar-refractivity contribution is 0.157. The zero-order valence-electron chi connectivity index (χ0n) is 15.7. The van der Waals surface area contributed by atoms with Gasteiger partial charge in [-0.05, 0) is 25.5 Å². The quantitative estimate of drug-likeness (QED) is 0.421. The SMILES string of the molecule is CCNC(=NCCCOc1cccc(OC)c1)N1CCC(COC)C1. The monoisotopic (exact) mass is 349 g/mol. The van der Waals surface area contributed by atoms with Crippen LogP contribution in [0.2, 0.25) is 0 Å². The van der Waals surface area contributed by atoms with Crippen LogP contribution in [0.25, 0.3) is 0 Å². The van der Waals surface area contributed by atoms with Crippen molar-refractivity contribution in [2.45, 2.75) is 19.8 Å². The molecular weight excluding hydrogens is 318 g/mol. The number of benzene rings is 1. The molecule has 6 heteroatoms. The van der Waals surface area contributed by atoms with Gasteiger partial charge in [0.15, 0.2) is 5.96 Å². The summed E-state index contributed by atoms with van der Waals surface area (Å²) < 4.78 is 16.2. The standard InChI is InChI=1S/C19H31N3O3/c1-4-20-19(22-11-9-16(14-22)15-23-2)21-10-6-12-25-18-8-5-7-17(13-18)24-3/h5,7-8,13,16H,4,6,9-12,14-15H2,1-3H3,(H,20,21). The highest BCUT2D eigenvalue weighted by Gasteiger charge is 2.24. The fraction of sp³-hybridized carbons (Fsp3) is 0.632. The van der Waals surface area contributed by atoms with Crippen molar-refractivity contribution in [1.82, 2.24) is 10.2 Å². The fourth-order valence-electron chi connectivity index (χ4n) is 2.95. The van der Waals surface area contributed by atoms with Crippen LogP contribution >= 0.6 is 0 Å². The first-order valence-corrected chi connectivity index (χ1v) is 9.05. The summed E-state index contributed by atoms with van der Waals surface area (Å²) in [5, 5.41) is 3.39. The molecule has 25 heavy (non-hydrogen) atoms. The van der Waals surface area contributed by atoms with Gasteiger partial charge in [-0.3, -0.25) is 4.99 Å². The molecule has 0 aliphatic carbocycles. The number of likely N-dealkylation sites (tertiary alicyclic amines) is 1. The molecule has 1 aliphatic rings. The van der Waals surface area contributed by atoms with Gasteiger partial charge >= 0.3 is 0 Å². The van der Waals surface area contributed by atoms with Crippen LogP contribution in [0.1, 0.15) is 19.8 Å². The summed E-state index contributed by atoms with van der Waals surface area (Å²) in [6.07, 6.45) is 2.04. The second kappa shape index (κ2) is 10.8. The van der Waals surface area contributed by atoms with Crippen LogP contribution in [0.15, 0.2) is 29.3 Å². The molecule has 0 spiro atoms. The molecule has 1 fully saturated rings. The van der Waals surface area contributed by atoms with Gasteiger partial charge < -0.3 is 24.4 Å². The van der Waals surface area contributed by atoms with Gasteiger partial charge in [0.1, 0.15) is 11.5 Å².